The van der Waals surface area contributed by atoms with Crippen LogP contribution < -0.4 is 9.46 Å². The van der Waals surface area contributed by atoms with Crippen molar-refractivity contribution in [3.63, 3.8) is 0 Å². The number of rotatable bonds is 5. The van der Waals surface area contributed by atoms with Gasteiger partial charge in [-0.1, -0.05) is 12.1 Å². The van der Waals surface area contributed by atoms with E-state index >= 15 is 0 Å². The van der Waals surface area contributed by atoms with Crippen molar-refractivity contribution in [3.05, 3.63) is 57.6 Å². The molecular formula is C15H16N2O5S. The number of anilines is 1. The third-order valence-electron chi connectivity index (χ3n) is 3.28. The van der Waals surface area contributed by atoms with Crippen LogP contribution in [0.5, 0.6) is 5.75 Å². The quantitative estimate of drug-likeness (QED) is 0.668. The Morgan fingerprint density at radius 3 is 2.43 bits per heavy atom. The number of nitrogens with one attached hydrogen (secondary N) is 1. The fraction of sp³-hybridized carbons (Fsp3) is 0.200. The molecule has 7 nitrogen and oxygen atoms in total. The van der Waals surface area contributed by atoms with Crippen LogP contribution in [-0.2, 0) is 10.0 Å². The van der Waals surface area contributed by atoms with Crippen molar-refractivity contribution in [1.29, 1.82) is 0 Å². The van der Waals surface area contributed by atoms with Gasteiger partial charge in [-0.2, -0.15) is 0 Å². The molecule has 0 heterocycles. The molecule has 0 aliphatic carbocycles. The van der Waals surface area contributed by atoms with Gasteiger partial charge in [0, 0.05) is 12.1 Å². The molecule has 0 bridgehead atoms. The van der Waals surface area contributed by atoms with Crippen LogP contribution in [-0.4, -0.2) is 20.5 Å². The summed E-state index contributed by atoms with van der Waals surface area (Å²) in [6.07, 6.45) is 0. The predicted octanol–water partition coefficient (Wildman–Crippen LogP) is 3.02. The van der Waals surface area contributed by atoms with Crippen LogP contribution in [0, 0.1) is 24.0 Å². The van der Waals surface area contributed by atoms with E-state index in [0.717, 1.165) is 17.2 Å². The SMILES string of the molecule is COc1ccc([N+](=O)[O-])cc1S(=O)(=O)Nc1cc(C)ccc1C. The summed E-state index contributed by atoms with van der Waals surface area (Å²) >= 11 is 0. The maximum atomic E-state index is 12.6. The topological polar surface area (TPSA) is 98.5 Å². The van der Waals surface area contributed by atoms with Crippen molar-refractivity contribution < 1.29 is 18.1 Å². The minimum absolute atomic E-state index is 0.0356. The Kier molecular flexibility index (Phi) is 4.55. The maximum Gasteiger partial charge on any atom is 0.271 e. The van der Waals surface area contributed by atoms with Crippen molar-refractivity contribution in [2.24, 2.45) is 0 Å². The lowest BCUT2D eigenvalue weighted by molar-refractivity contribution is -0.385. The van der Waals surface area contributed by atoms with Gasteiger partial charge in [0.1, 0.15) is 10.6 Å². The number of aryl methyl sites for hydroxylation is 2. The highest BCUT2D eigenvalue weighted by molar-refractivity contribution is 7.92. The van der Waals surface area contributed by atoms with Crippen LogP contribution in [0.2, 0.25) is 0 Å². The number of nitrogens with zero attached hydrogens (tertiary/aromatic N) is 1. The highest BCUT2D eigenvalue weighted by atomic mass is 32.2. The van der Waals surface area contributed by atoms with Gasteiger partial charge in [-0.15, -0.1) is 0 Å². The van der Waals surface area contributed by atoms with Gasteiger partial charge in [0.15, 0.2) is 0 Å². The van der Waals surface area contributed by atoms with Gasteiger partial charge in [0.25, 0.3) is 15.7 Å². The van der Waals surface area contributed by atoms with Gasteiger partial charge in [0.2, 0.25) is 0 Å². The third-order valence-corrected chi connectivity index (χ3v) is 4.67. The van der Waals surface area contributed by atoms with Crippen LogP contribution in [0.15, 0.2) is 41.3 Å². The number of nitro groups is 1. The molecule has 0 fully saturated rings. The second-order valence-electron chi connectivity index (χ2n) is 5.02. The monoisotopic (exact) mass is 336 g/mol. The second kappa shape index (κ2) is 6.25. The molecule has 0 saturated heterocycles. The van der Waals surface area contributed by atoms with Crippen LogP contribution >= 0.6 is 0 Å². The Balaban J connectivity index is 2.52. The number of non-ortho nitro benzene ring substituents is 1. The zero-order chi connectivity index (χ0) is 17.2. The lowest BCUT2D eigenvalue weighted by atomic mass is 10.1. The van der Waals surface area contributed by atoms with Crippen LogP contribution in [0.25, 0.3) is 0 Å². The number of methoxy groups -OCH3 is 1. The molecule has 0 aliphatic heterocycles. The van der Waals surface area contributed by atoms with E-state index in [2.05, 4.69) is 4.72 Å². The molecular weight excluding hydrogens is 320 g/mol. The summed E-state index contributed by atoms with van der Waals surface area (Å²) in [6, 6.07) is 8.77. The van der Waals surface area contributed by atoms with E-state index in [1.807, 2.05) is 13.0 Å². The first-order valence-electron chi connectivity index (χ1n) is 6.67. The lowest BCUT2D eigenvalue weighted by Crippen LogP contribution is -2.15. The van der Waals surface area contributed by atoms with Gasteiger partial charge in [-0.3, -0.25) is 14.8 Å². The van der Waals surface area contributed by atoms with Crippen LogP contribution in [0.1, 0.15) is 11.1 Å². The standard InChI is InChI=1S/C15H16N2O5S/c1-10-4-5-11(2)13(8-10)16-23(20,21)15-9-12(17(18)19)6-7-14(15)22-3/h4-9,16H,1-3H3. The van der Waals surface area contributed by atoms with Crippen molar-refractivity contribution in [2.75, 3.05) is 11.8 Å². The van der Waals surface area contributed by atoms with E-state index in [9.17, 15) is 18.5 Å². The van der Waals surface area contributed by atoms with E-state index in [1.54, 1.807) is 19.1 Å². The van der Waals surface area contributed by atoms with Crippen molar-refractivity contribution in [2.45, 2.75) is 18.7 Å². The number of hydrogen-bond donors (Lipinski definition) is 1. The molecule has 0 aromatic heterocycles. The Morgan fingerprint density at radius 2 is 1.83 bits per heavy atom. The smallest absolute Gasteiger partial charge is 0.271 e. The number of sulfonamides is 1. The van der Waals surface area contributed by atoms with Gasteiger partial charge in [-0.25, -0.2) is 8.42 Å². The molecule has 122 valence electrons. The largest absolute Gasteiger partial charge is 0.495 e. The Labute approximate surface area is 134 Å². The maximum absolute atomic E-state index is 12.6. The lowest BCUT2D eigenvalue weighted by Gasteiger charge is -2.13. The predicted molar refractivity (Wildman–Crippen MR) is 86.4 cm³/mol. The Hall–Kier alpha value is -2.61. The molecule has 1 N–H and O–H groups in total. The van der Waals surface area contributed by atoms with Gasteiger partial charge in [-0.05, 0) is 37.1 Å². The zero-order valence-electron chi connectivity index (χ0n) is 12.9. The Bertz CT molecular complexity index is 862. The number of hydrogen-bond acceptors (Lipinski definition) is 5. The molecule has 23 heavy (non-hydrogen) atoms. The molecule has 0 amide bonds. The first-order valence-corrected chi connectivity index (χ1v) is 8.15. The molecule has 0 aliphatic rings. The van der Waals surface area contributed by atoms with Gasteiger partial charge >= 0.3 is 0 Å². The van der Waals surface area contributed by atoms with E-state index in [4.69, 9.17) is 4.74 Å². The summed E-state index contributed by atoms with van der Waals surface area (Å²) in [6.45, 7) is 3.60. The summed E-state index contributed by atoms with van der Waals surface area (Å²) in [5, 5.41) is 10.9. The first kappa shape index (κ1) is 16.8. The molecule has 8 heteroatoms. The fourth-order valence-electron chi connectivity index (χ4n) is 2.03. The molecule has 0 unspecified atom stereocenters. The normalized spacial score (nSPS) is 11.1. The number of ether oxygens (including phenoxy) is 1. The summed E-state index contributed by atoms with van der Waals surface area (Å²) < 4.78 is 32.7. The minimum atomic E-state index is -4.03. The van der Waals surface area contributed by atoms with E-state index < -0.39 is 14.9 Å². The average Bonchev–Trinajstić information content (AvgIpc) is 2.50. The van der Waals surface area contributed by atoms with Crippen molar-refractivity contribution in [3.8, 4) is 5.75 Å². The highest BCUT2D eigenvalue weighted by Crippen LogP contribution is 2.30. The molecule has 0 radical (unpaired) electrons. The second-order valence-corrected chi connectivity index (χ2v) is 6.67. The van der Waals surface area contributed by atoms with Crippen LogP contribution in [0.4, 0.5) is 11.4 Å². The molecule has 0 saturated carbocycles. The van der Waals surface area contributed by atoms with Crippen molar-refractivity contribution in [1.82, 2.24) is 0 Å². The first-order chi connectivity index (χ1) is 10.7. The number of nitro benzene ring substituents is 1. The van der Waals surface area contributed by atoms with E-state index in [-0.39, 0.29) is 16.3 Å². The van der Waals surface area contributed by atoms with Crippen molar-refractivity contribution >= 4 is 21.4 Å². The molecule has 2 aromatic carbocycles. The van der Waals surface area contributed by atoms with E-state index in [0.29, 0.717) is 5.69 Å². The molecule has 0 atom stereocenters. The summed E-state index contributed by atoms with van der Waals surface area (Å²) in [5.41, 5.74) is 1.72. The fourth-order valence-corrected chi connectivity index (χ4v) is 3.35. The molecule has 2 rings (SSSR count). The third kappa shape index (κ3) is 3.59. The van der Waals surface area contributed by atoms with E-state index in [1.165, 1.54) is 19.2 Å². The summed E-state index contributed by atoms with van der Waals surface area (Å²) in [7, 11) is -2.73. The average molecular weight is 336 g/mol. The molecule has 2 aromatic rings. The summed E-state index contributed by atoms with van der Waals surface area (Å²) in [4.78, 5) is 9.95. The van der Waals surface area contributed by atoms with Crippen LogP contribution in [0.3, 0.4) is 0 Å². The minimum Gasteiger partial charge on any atom is -0.495 e. The zero-order valence-corrected chi connectivity index (χ0v) is 13.7. The highest BCUT2D eigenvalue weighted by Gasteiger charge is 2.23. The molecule has 0 spiro atoms. The number of benzene rings is 2. The van der Waals surface area contributed by atoms with Gasteiger partial charge in [0.05, 0.1) is 17.7 Å². The van der Waals surface area contributed by atoms with Gasteiger partial charge < -0.3 is 4.74 Å². The summed E-state index contributed by atoms with van der Waals surface area (Å²) in [5.74, 6) is 0.0356. The Morgan fingerprint density at radius 1 is 1.13 bits per heavy atom.